The normalized spacial score (nSPS) is 11.6. The Hall–Kier alpha value is -6.92. The van der Waals surface area contributed by atoms with Gasteiger partial charge in [0.05, 0.1) is 0 Å². The van der Waals surface area contributed by atoms with Gasteiger partial charge in [0.25, 0.3) is 0 Å². The monoisotopic (exact) mass is 642 g/mol. The smallest absolute Gasteiger partial charge is 0.227 e. The molecule has 0 saturated carbocycles. The zero-order valence-electron chi connectivity index (χ0n) is 26.6. The van der Waals surface area contributed by atoms with Crippen LogP contribution in [-0.4, -0.2) is 19.9 Å². The number of hydrogen-bond acceptors (Lipinski definition) is 6. The van der Waals surface area contributed by atoms with Crippen molar-refractivity contribution < 1.29 is 8.83 Å². The standard InChI is InChI=1S/C44H26N4O2/c1-4-13-27(14-5-1)34-24-31(23-30-19-10-11-20-32(30)34)42-46-41(28-15-6-2-7-16-28)47-43(48-42)33-21-12-22-37-40(33)35-25-36-39(26-38(35)49-37)50-44(45-36)29-17-8-3-9-18-29/h1-26H. The predicted molar refractivity (Wildman–Crippen MR) is 199 cm³/mol. The number of hydrogen-bond donors (Lipinski definition) is 0. The minimum absolute atomic E-state index is 0.557. The van der Waals surface area contributed by atoms with Gasteiger partial charge in [-0.3, -0.25) is 0 Å². The number of aromatic nitrogens is 4. The van der Waals surface area contributed by atoms with Gasteiger partial charge in [0.2, 0.25) is 5.89 Å². The van der Waals surface area contributed by atoms with Gasteiger partial charge in [-0.05, 0) is 58.3 Å². The Morgan fingerprint density at radius 2 is 1.02 bits per heavy atom. The summed E-state index contributed by atoms with van der Waals surface area (Å²) < 4.78 is 12.6. The Labute approximate surface area is 286 Å². The van der Waals surface area contributed by atoms with Gasteiger partial charge < -0.3 is 8.83 Å². The average Bonchev–Trinajstić information content (AvgIpc) is 3.78. The fourth-order valence-corrected chi connectivity index (χ4v) is 6.78. The molecule has 0 spiro atoms. The van der Waals surface area contributed by atoms with E-state index < -0.39 is 0 Å². The van der Waals surface area contributed by atoms with E-state index in [0.717, 1.165) is 60.6 Å². The SMILES string of the molecule is c1ccc(-c2nc(-c3cc(-c4ccccc4)c4ccccc4c3)nc(-c3cccc4oc5cc6oc(-c7ccccc7)nc6cc5c34)n2)cc1. The lowest BCUT2D eigenvalue weighted by Gasteiger charge is -2.12. The lowest BCUT2D eigenvalue weighted by molar-refractivity contribution is 0.617. The zero-order valence-corrected chi connectivity index (χ0v) is 26.6. The lowest BCUT2D eigenvalue weighted by atomic mass is 9.95. The third kappa shape index (κ3) is 4.73. The second-order valence-corrected chi connectivity index (χ2v) is 12.3. The van der Waals surface area contributed by atoms with Gasteiger partial charge in [-0.15, -0.1) is 0 Å². The minimum atomic E-state index is 0.557. The van der Waals surface area contributed by atoms with Crippen molar-refractivity contribution in [2.45, 2.75) is 0 Å². The molecule has 234 valence electrons. The van der Waals surface area contributed by atoms with E-state index >= 15 is 0 Å². The van der Waals surface area contributed by atoms with E-state index in [9.17, 15) is 0 Å². The summed E-state index contributed by atoms with van der Waals surface area (Å²) in [7, 11) is 0. The first-order valence-electron chi connectivity index (χ1n) is 16.5. The topological polar surface area (TPSA) is 77.8 Å². The van der Waals surface area contributed by atoms with E-state index in [0.29, 0.717) is 34.5 Å². The van der Waals surface area contributed by atoms with Gasteiger partial charge >= 0.3 is 0 Å². The Balaban J connectivity index is 1.20. The van der Waals surface area contributed by atoms with Crippen LogP contribution in [0.4, 0.5) is 0 Å². The van der Waals surface area contributed by atoms with Crippen LogP contribution in [0.25, 0.3) is 101 Å². The van der Waals surface area contributed by atoms with E-state index in [1.807, 2.05) is 97.1 Å². The quantitative estimate of drug-likeness (QED) is 0.186. The van der Waals surface area contributed by atoms with Crippen molar-refractivity contribution in [3.63, 3.8) is 0 Å². The van der Waals surface area contributed by atoms with Crippen LogP contribution in [0, 0.1) is 0 Å². The number of oxazole rings is 1. The van der Waals surface area contributed by atoms with E-state index in [2.05, 4.69) is 60.7 Å². The number of fused-ring (bicyclic) bond motifs is 5. The highest BCUT2D eigenvalue weighted by Gasteiger charge is 2.20. The lowest BCUT2D eigenvalue weighted by Crippen LogP contribution is -2.00. The zero-order chi connectivity index (χ0) is 33.0. The molecule has 10 aromatic rings. The summed E-state index contributed by atoms with van der Waals surface area (Å²) in [6.45, 7) is 0. The summed E-state index contributed by atoms with van der Waals surface area (Å²) >= 11 is 0. The average molecular weight is 643 g/mol. The highest BCUT2D eigenvalue weighted by Crippen LogP contribution is 2.40. The van der Waals surface area contributed by atoms with E-state index in [-0.39, 0.29) is 0 Å². The van der Waals surface area contributed by atoms with Gasteiger partial charge in [-0.25, -0.2) is 19.9 Å². The first kappa shape index (κ1) is 28.1. The van der Waals surface area contributed by atoms with Crippen LogP contribution in [0.15, 0.2) is 167 Å². The molecule has 0 atom stereocenters. The van der Waals surface area contributed by atoms with E-state index in [4.69, 9.17) is 28.8 Å². The minimum Gasteiger partial charge on any atom is -0.456 e. The van der Waals surface area contributed by atoms with Crippen molar-refractivity contribution in [1.29, 1.82) is 0 Å². The molecule has 0 amide bonds. The molecule has 3 aromatic heterocycles. The number of benzene rings is 7. The van der Waals surface area contributed by atoms with Crippen LogP contribution in [-0.2, 0) is 0 Å². The molecule has 0 aliphatic carbocycles. The maximum Gasteiger partial charge on any atom is 0.227 e. The van der Waals surface area contributed by atoms with Gasteiger partial charge in [0.15, 0.2) is 23.1 Å². The van der Waals surface area contributed by atoms with E-state index in [1.54, 1.807) is 0 Å². The van der Waals surface area contributed by atoms with Crippen LogP contribution < -0.4 is 0 Å². The highest BCUT2D eigenvalue weighted by atomic mass is 16.4. The van der Waals surface area contributed by atoms with Crippen LogP contribution in [0.2, 0.25) is 0 Å². The van der Waals surface area contributed by atoms with Crippen molar-refractivity contribution >= 4 is 43.8 Å². The number of nitrogens with zero attached hydrogens (tertiary/aromatic N) is 4. The molecule has 7 aromatic carbocycles. The van der Waals surface area contributed by atoms with Gasteiger partial charge in [0.1, 0.15) is 16.7 Å². The van der Waals surface area contributed by atoms with Gasteiger partial charge in [-0.1, -0.05) is 115 Å². The molecule has 0 unspecified atom stereocenters. The highest BCUT2D eigenvalue weighted by molar-refractivity contribution is 6.14. The molecule has 0 aliphatic heterocycles. The molecule has 0 N–H and O–H groups in total. The van der Waals surface area contributed by atoms with Gasteiger partial charge in [-0.2, -0.15) is 0 Å². The molecule has 10 rings (SSSR count). The predicted octanol–water partition coefficient (Wildman–Crippen LogP) is 11.4. The molecule has 0 aliphatic rings. The first-order valence-corrected chi connectivity index (χ1v) is 16.5. The summed E-state index contributed by atoms with van der Waals surface area (Å²) in [5, 5.41) is 4.11. The summed E-state index contributed by atoms with van der Waals surface area (Å²) in [6.07, 6.45) is 0. The Morgan fingerprint density at radius 1 is 0.360 bits per heavy atom. The third-order valence-electron chi connectivity index (χ3n) is 9.14. The second-order valence-electron chi connectivity index (χ2n) is 12.3. The van der Waals surface area contributed by atoms with E-state index in [1.165, 1.54) is 5.39 Å². The number of furan rings is 1. The Morgan fingerprint density at radius 3 is 1.80 bits per heavy atom. The molecular weight excluding hydrogens is 617 g/mol. The van der Waals surface area contributed by atoms with Crippen LogP contribution in [0.3, 0.4) is 0 Å². The van der Waals surface area contributed by atoms with Crippen molar-refractivity contribution in [1.82, 2.24) is 19.9 Å². The second kappa shape index (κ2) is 11.4. The third-order valence-corrected chi connectivity index (χ3v) is 9.14. The van der Waals surface area contributed by atoms with Crippen molar-refractivity contribution in [2.24, 2.45) is 0 Å². The first-order chi connectivity index (χ1) is 24.7. The van der Waals surface area contributed by atoms with Crippen molar-refractivity contribution in [3.05, 3.63) is 158 Å². The fourth-order valence-electron chi connectivity index (χ4n) is 6.78. The van der Waals surface area contributed by atoms with Crippen LogP contribution in [0.1, 0.15) is 0 Å². The Kier molecular flexibility index (Phi) is 6.39. The Bertz CT molecular complexity index is 2860. The maximum absolute atomic E-state index is 6.42. The van der Waals surface area contributed by atoms with Crippen LogP contribution in [0.5, 0.6) is 0 Å². The molecule has 0 bridgehead atoms. The summed E-state index contributed by atoms with van der Waals surface area (Å²) in [5.74, 6) is 2.31. The van der Waals surface area contributed by atoms with Crippen molar-refractivity contribution in [3.8, 4) is 56.7 Å². The molecule has 50 heavy (non-hydrogen) atoms. The molecule has 6 heteroatoms. The van der Waals surface area contributed by atoms with Crippen LogP contribution >= 0.6 is 0 Å². The fraction of sp³-hybridized carbons (Fsp3) is 0. The van der Waals surface area contributed by atoms with Gasteiger partial charge in [0, 0.05) is 39.1 Å². The largest absolute Gasteiger partial charge is 0.456 e. The number of rotatable bonds is 5. The molecule has 0 fully saturated rings. The molecule has 3 heterocycles. The molecule has 0 radical (unpaired) electrons. The summed E-state index contributed by atoms with van der Waals surface area (Å²) in [6, 6.07) is 53.1. The summed E-state index contributed by atoms with van der Waals surface area (Å²) in [4.78, 5) is 20.2. The molecule has 0 saturated heterocycles. The van der Waals surface area contributed by atoms with Crippen molar-refractivity contribution in [2.75, 3.05) is 0 Å². The molecule has 6 nitrogen and oxygen atoms in total. The maximum atomic E-state index is 6.42. The molecular formula is C44H26N4O2. The summed E-state index contributed by atoms with van der Waals surface area (Å²) in [5.41, 5.74) is 8.68.